The molecule has 0 radical (unpaired) electrons. The molecule has 152 valence electrons. The van der Waals surface area contributed by atoms with Crippen LogP contribution in [0.1, 0.15) is 11.8 Å². The van der Waals surface area contributed by atoms with Gasteiger partial charge in [0.15, 0.2) is 5.82 Å². The lowest BCUT2D eigenvalue weighted by Crippen LogP contribution is -2.82. The molecule has 2 heterocycles. The van der Waals surface area contributed by atoms with Crippen molar-refractivity contribution in [2.24, 2.45) is 0 Å². The Morgan fingerprint density at radius 1 is 1.17 bits per heavy atom. The van der Waals surface area contributed by atoms with E-state index in [1.807, 2.05) is 38.4 Å². The maximum Gasteiger partial charge on any atom is 0.217 e. The van der Waals surface area contributed by atoms with E-state index in [9.17, 15) is 0 Å². The molecule has 8 heteroatoms. The molecule has 0 saturated carbocycles. The molecule has 7 nitrogen and oxygen atoms in total. The lowest BCUT2D eigenvalue weighted by atomic mass is 10.2. The van der Waals surface area contributed by atoms with Crippen molar-refractivity contribution in [1.29, 1.82) is 0 Å². The van der Waals surface area contributed by atoms with Crippen molar-refractivity contribution in [3.05, 3.63) is 54.1 Å². The molecule has 0 spiro atoms. The fourth-order valence-electron chi connectivity index (χ4n) is 3.23. The van der Waals surface area contributed by atoms with Gasteiger partial charge < -0.3 is 19.7 Å². The van der Waals surface area contributed by atoms with Gasteiger partial charge in [-0.3, -0.25) is 5.10 Å². The van der Waals surface area contributed by atoms with Crippen LogP contribution in [0.4, 0.5) is 5.69 Å². The van der Waals surface area contributed by atoms with Crippen LogP contribution in [-0.4, -0.2) is 54.8 Å². The van der Waals surface area contributed by atoms with Crippen molar-refractivity contribution in [3.63, 3.8) is 0 Å². The first-order valence-electron chi connectivity index (χ1n) is 9.58. The van der Waals surface area contributed by atoms with E-state index >= 15 is 0 Å². The smallest absolute Gasteiger partial charge is 0.217 e. The van der Waals surface area contributed by atoms with Crippen LogP contribution < -0.4 is 15.0 Å². The standard InChI is InChI=1S/C21H25N5O2S/c1-26(2)16-8-4-15(5-9-16)20-22-12-18(28-20)13-29-21-23-19(24-25-21)14-6-10-17(27-3)11-7-14/h4-11,18,20,22H,12-13H2,1-3H3,(H,23,24,25)/p+1/t18-,20-/m0/s1. The third kappa shape index (κ3) is 4.72. The molecule has 0 unspecified atom stereocenters. The summed E-state index contributed by atoms with van der Waals surface area (Å²) >= 11 is 1.61. The number of anilines is 1. The van der Waals surface area contributed by atoms with E-state index in [1.54, 1.807) is 18.9 Å². The monoisotopic (exact) mass is 412 g/mol. The molecular formula is C21H26N5O2S+. The van der Waals surface area contributed by atoms with E-state index < -0.39 is 0 Å². The van der Waals surface area contributed by atoms with Crippen molar-refractivity contribution >= 4 is 17.4 Å². The summed E-state index contributed by atoms with van der Waals surface area (Å²) in [6.07, 6.45) is 0.222. The lowest BCUT2D eigenvalue weighted by Gasteiger charge is -2.14. The Labute approximate surface area is 174 Å². The average molecular weight is 413 g/mol. The topological polar surface area (TPSA) is 79.9 Å². The number of benzene rings is 2. The quantitative estimate of drug-likeness (QED) is 0.580. The molecule has 1 aromatic heterocycles. The van der Waals surface area contributed by atoms with E-state index in [-0.39, 0.29) is 12.3 Å². The molecule has 0 bridgehead atoms. The highest BCUT2D eigenvalue weighted by Crippen LogP contribution is 2.25. The van der Waals surface area contributed by atoms with Crippen LogP contribution in [0.2, 0.25) is 0 Å². The maximum atomic E-state index is 6.22. The van der Waals surface area contributed by atoms with Gasteiger partial charge in [-0.1, -0.05) is 11.8 Å². The van der Waals surface area contributed by atoms with Crippen LogP contribution >= 0.6 is 11.8 Å². The summed E-state index contributed by atoms with van der Waals surface area (Å²) in [7, 11) is 5.75. The molecule has 2 atom stereocenters. The Balaban J connectivity index is 1.30. The predicted molar refractivity (Wildman–Crippen MR) is 114 cm³/mol. The number of aromatic nitrogens is 3. The Hall–Kier alpha value is -2.55. The first-order valence-corrected chi connectivity index (χ1v) is 10.6. The number of quaternary nitrogens is 1. The van der Waals surface area contributed by atoms with Crippen LogP contribution in [0.15, 0.2) is 53.7 Å². The first kappa shape index (κ1) is 19.8. The lowest BCUT2D eigenvalue weighted by molar-refractivity contribution is -0.697. The molecule has 0 amide bonds. The zero-order valence-corrected chi connectivity index (χ0v) is 17.6. The summed E-state index contributed by atoms with van der Waals surface area (Å²) in [6, 6.07) is 16.3. The summed E-state index contributed by atoms with van der Waals surface area (Å²) in [5.74, 6) is 2.40. The van der Waals surface area contributed by atoms with Crippen molar-refractivity contribution in [2.75, 3.05) is 38.4 Å². The second kappa shape index (κ2) is 8.86. The molecule has 1 saturated heterocycles. The van der Waals surface area contributed by atoms with E-state index in [2.05, 4.69) is 49.7 Å². The summed E-state index contributed by atoms with van der Waals surface area (Å²) in [5.41, 5.74) is 3.37. The molecule has 29 heavy (non-hydrogen) atoms. The number of aromatic amines is 1. The van der Waals surface area contributed by atoms with E-state index in [4.69, 9.17) is 9.47 Å². The molecule has 1 aliphatic rings. The van der Waals surface area contributed by atoms with Crippen molar-refractivity contribution < 1.29 is 14.8 Å². The number of nitrogens with one attached hydrogen (secondary N) is 1. The van der Waals surface area contributed by atoms with Gasteiger partial charge in [-0.2, -0.15) is 0 Å². The molecule has 2 aromatic carbocycles. The van der Waals surface area contributed by atoms with Gasteiger partial charge in [0.2, 0.25) is 11.4 Å². The number of hydrogen-bond acceptors (Lipinski definition) is 6. The SMILES string of the molecule is COc1ccc(-c2nc(SC[C@@H]3C[NH2+][C@H](c4ccc(N(C)C)cc4)O3)n[nH]2)cc1. The Bertz CT molecular complexity index is 927. The molecule has 4 rings (SSSR count). The average Bonchev–Trinajstić information content (AvgIpc) is 3.42. The third-order valence-electron chi connectivity index (χ3n) is 4.92. The molecule has 3 N–H and O–H groups in total. The molecule has 1 aliphatic heterocycles. The summed E-state index contributed by atoms with van der Waals surface area (Å²) in [4.78, 5) is 6.68. The molecule has 1 fully saturated rings. The summed E-state index contributed by atoms with van der Waals surface area (Å²) in [5, 5.41) is 10.3. The van der Waals surface area contributed by atoms with Gasteiger partial charge in [0.05, 0.1) is 7.11 Å². The Morgan fingerprint density at radius 2 is 1.93 bits per heavy atom. The van der Waals surface area contributed by atoms with Crippen molar-refractivity contribution in [1.82, 2.24) is 15.2 Å². The second-order valence-corrected chi connectivity index (χ2v) is 8.13. The van der Waals surface area contributed by atoms with E-state index in [1.165, 1.54) is 11.3 Å². The van der Waals surface area contributed by atoms with Gasteiger partial charge in [-0.15, -0.1) is 5.10 Å². The van der Waals surface area contributed by atoms with Gasteiger partial charge in [0.25, 0.3) is 0 Å². The second-order valence-electron chi connectivity index (χ2n) is 7.14. The van der Waals surface area contributed by atoms with Gasteiger partial charge >= 0.3 is 0 Å². The molecule has 3 aromatic rings. The third-order valence-corrected chi connectivity index (χ3v) is 5.90. The van der Waals surface area contributed by atoms with Crippen LogP contribution in [0, 0.1) is 0 Å². The summed E-state index contributed by atoms with van der Waals surface area (Å²) in [6.45, 7) is 0.933. The first-order chi connectivity index (χ1) is 14.1. The Kier molecular flexibility index (Phi) is 6.03. The minimum atomic E-state index is 0.0545. The number of methoxy groups -OCH3 is 1. The number of rotatable bonds is 7. The molecular weight excluding hydrogens is 386 g/mol. The van der Waals surface area contributed by atoms with Crippen molar-refractivity contribution in [3.8, 4) is 17.1 Å². The fourth-order valence-corrected chi connectivity index (χ4v) is 4.05. The minimum Gasteiger partial charge on any atom is -0.497 e. The van der Waals surface area contributed by atoms with Crippen molar-refractivity contribution in [2.45, 2.75) is 17.5 Å². The fraction of sp³-hybridized carbons (Fsp3) is 0.333. The summed E-state index contributed by atoms with van der Waals surface area (Å²) < 4.78 is 11.4. The van der Waals surface area contributed by atoms with Gasteiger partial charge in [-0.25, -0.2) is 4.98 Å². The van der Waals surface area contributed by atoms with Gasteiger partial charge in [0, 0.05) is 36.7 Å². The van der Waals surface area contributed by atoms with Gasteiger partial charge in [-0.05, 0) is 48.5 Å². The highest BCUT2D eigenvalue weighted by Gasteiger charge is 2.30. The highest BCUT2D eigenvalue weighted by atomic mass is 32.2. The number of H-pyrrole nitrogens is 1. The Morgan fingerprint density at radius 3 is 2.62 bits per heavy atom. The zero-order valence-electron chi connectivity index (χ0n) is 16.8. The van der Waals surface area contributed by atoms with Gasteiger partial charge in [0.1, 0.15) is 18.4 Å². The van der Waals surface area contributed by atoms with Crippen LogP contribution in [0.5, 0.6) is 5.75 Å². The molecule has 0 aliphatic carbocycles. The number of nitrogens with zero attached hydrogens (tertiary/aromatic N) is 3. The van der Waals surface area contributed by atoms with Crippen LogP contribution in [0.25, 0.3) is 11.4 Å². The predicted octanol–water partition coefficient (Wildman–Crippen LogP) is 2.30. The number of hydrogen-bond donors (Lipinski definition) is 2. The number of ether oxygens (including phenoxy) is 2. The normalized spacial score (nSPS) is 18.7. The van der Waals surface area contributed by atoms with E-state index in [0.717, 1.165) is 34.6 Å². The van der Waals surface area contributed by atoms with Crippen LogP contribution in [0.3, 0.4) is 0 Å². The minimum absolute atomic E-state index is 0.0545. The largest absolute Gasteiger partial charge is 0.497 e. The number of nitrogens with two attached hydrogens (primary N) is 1. The zero-order chi connectivity index (χ0) is 20.2. The maximum absolute atomic E-state index is 6.22. The number of thioether (sulfide) groups is 1. The van der Waals surface area contributed by atoms with E-state index in [0.29, 0.717) is 0 Å². The highest BCUT2D eigenvalue weighted by molar-refractivity contribution is 7.99. The van der Waals surface area contributed by atoms with Crippen LogP contribution in [-0.2, 0) is 4.74 Å².